The highest BCUT2D eigenvalue weighted by atomic mass is 35.5. The molecule has 1 aliphatic heterocycles. The van der Waals surface area contributed by atoms with Crippen LogP contribution in [0.2, 0.25) is 5.02 Å². The second kappa shape index (κ2) is 8.62. The third kappa shape index (κ3) is 5.85. The molecule has 1 saturated heterocycles. The third-order valence-electron chi connectivity index (χ3n) is 3.71. The van der Waals surface area contributed by atoms with Gasteiger partial charge in [-0.15, -0.1) is 0 Å². The van der Waals surface area contributed by atoms with E-state index in [1.54, 1.807) is 0 Å². The van der Waals surface area contributed by atoms with Gasteiger partial charge in [-0.05, 0) is 49.4 Å². The van der Waals surface area contributed by atoms with E-state index in [1.165, 1.54) is 0 Å². The van der Waals surface area contributed by atoms with Crippen LogP contribution >= 0.6 is 11.6 Å². The minimum absolute atomic E-state index is 0.603. The van der Waals surface area contributed by atoms with Gasteiger partial charge in [0.1, 0.15) is 5.75 Å². The molecule has 0 radical (unpaired) electrons. The zero-order chi connectivity index (χ0) is 15.1. The summed E-state index contributed by atoms with van der Waals surface area (Å²) < 4.78 is 11.4. The van der Waals surface area contributed by atoms with Gasteiger partial charge in [-0.1, -0.05) is 25.4 Å². The first-order valence-corrected chi connectivity index (χ1v) is 8.22. The molecule has 0 aliphatic carbocycles. The summed E-state index contributed by atoms with van der Waals surface area (Å²) in [5, 5.41) is 4.21. The molecule has 0 aromatic heterocycles. The van der Waals surface area contributed by atoms with Crippen molar-refractivity contribution in [1.82, 2.24) is 5.32 Å². The van der Waals surface area contributed by atoms with Crippen molar-refractivity contribution < 1.29 is 9.47 Å². The summed E-state index contributed by atoms with van der Waals surface area (Å²) in [5.41, 5.74) is 1.13. The molecule has 3 nitrogen and oxygen atoms in total. The molecule has 21 heavy (non-hydrogen) atoms. The fraction of sp³-hybridized carbons (Fsp3) is 0.647. The van der Waals surface area contributed by atoms with Crippen LogP contribution < -0.4 is 10.1 Å². The van der Waals surface area contributed by atoms with Crippen molar-refractivity contribution >= 4 is 11.6 Å². The van der Waals surface area contributed by atoms with Gasteiger partial charge in [-0.25, -0.2) is 0 Å². The molecule has 118 valence electrons. The Hall–Kier alpha value is -0.770. The molecule has 2 rings (SSSR count). The number of rotatable bonds is 7. The van der Waals surface area contributed by atoms with Gasteiger partial charge in [0.15, 0.2) is 0 Å². The van der Waals surface area contributed by atoms with Crippen molar-refractivity contribution in [1.29, 1.82) is 0 Å². The van der Waals surface area contributed by atoms with Gasteiger partial charge in [-0.3, -0.25) is 0 Å². The molecule has 1 fully saturated rings. The van der Waals surface area contributed by atoms with Crippen LogP contribution in [-0.4, -0.2) is 26.4 Å². The Kier molecular flexibility index (Phi) is 6.81. The van der Waals surface area contributed by atoms with E-state index in [0.717, 1.165) is 62.1 Å². The molecule has 1 aromatic rings. The smallest absolute Gasteiger partial charge is 0.123 e. The Morgan fingerprint density at radius 2 is 2.10 bits per heavy atom. The first-order chi connectivity index (χ1) is 10.1. The molecule has 0 amide bonds. The number of halogens is 1. The standard InChI is InChI=1S/C17H26ClNO2/c1-13(2)10-19-11-15-9-16(18)3-4-17(15)21-12-14-5-7-20-8-6-14/h3-4,9,13-14,19H,5-8,10-12H2,1-2H3. The van der Waals surface area contributed by atoms with E-state index in [4.69, 9.17) is 21.1 Å². The quantitative estimate of drug-likeness (QED) is 0.828. The maximum Gasteiger partial charge on any atom is 0.123 e. The number of hydrogen-bond donors (Lipinski definition) is 1. The normalized spacial score (nSPS) is 16.4. The first-order valence-electron chi connectivity index (χ1n) is 7.85. The molecule has 1 aromatic carbocycles. The molecular formula is C17H26ClNO2. The Labute approximate surface area is 133 Å². The number of nitrogens with one attached hydrogen (secondary N) is 1. The predicted molar refractivity (Wildman–Crippen MR) is 87.0 cm³/mol. The van der Waals surface area contributed by atoms with Crippen LogP contribution in [0.3, 0.4) is 0 Å². The summed E-state index contributed by atoms with van der Waals surface area (Å²) >= 11 is 6.11. The van der Waals surface area contributed by atoms with E-state index < -0.39 is 0 Å². The van der Waals surface area contributed by atoms with E-state index in [-0.39, 0.29) is 0 Å². The Balaban J connectivity index is 1.90. The minimum Gasteiger partial charge on any atom is -0.493 e. The van der Waals surface area contributed by atoms with Gasteiger partial charge in [0, 0.05) is 30.3 Å². The lowest BCUT2D eigenvalue weighted by Crippen LogP contribution is -2.22. The number of hydrogen-bond acceptors (Lipinski definition) is 3. The fourth-order valence-electron chi connectivity index (χ4n) is 2.44. The van der Waals surface area contributed by atoms with Crippen LogP contribution in [0.5, 0.6) is 5.75 Å². The summed E-state index contributed by atoms with van der Waals surface area (Å²) in [4.78, 5) is 0. The predicted octanol–water partition coefficient (Wildman–Crippen LogP) is 3.89. The number of benzene rings is 1. The highest BCUT2D eigenvalue weighted by Gasteiger charge is 2.15. The molecule has 0 spiro atoms. The van der Waals surface area contributed by atoms with Crippen molar-refractivity contribution in [3.8, 4) is 5.75 Å². The fourth-order valence-corrected chi connectivity index (χ4v) is 2.64. The average molecular weight is 312 g/mol. The summed E-state index contributed by atoms with van der Waals surface area (Å²) in [5.74, 6) is 2.18. The van der Waals surface area contributed by atoms with Crippen LogP contribution in [0.1, 0.15) is 32.3 Å². The molecular weight excluding hydrogens is 286 g/mol. The molecule has 0 saturated carbocycles. The summed E-state index contributed by atoms with van der Waals surface area (Å²) in [7, 11) is 0. The summed E-state index contributed by atoms with van der Waals surface area (Å²) in [6.45, 7) is 8.67. The van der Waals surface area contributed by atoms with Crippen LogP contribution in [0.4, 0.5) is 0 Å². The van der Waals surface area contributed by atoms with Crippen LogP contribution in [-0.2, 0) is 11.3 Å². The monoisotopic (exact) mass is 311 g/mol. The van der Waals surface area contributed by atoms with Gasteiger partial charge >= 0.3 is 0 Å². The van der Waals surface area contributed by atoms with E-state index in [9.17, 15) is 0 Å². The van der Waals surface area contributed by atoms with E-state index in [2.05, 4.69) is 19.2 Å². The summed E-state index contributed by atoms with van der Waals surface area (Å²) in [6.07, 6.45) is 2.18. The van der Waals surface area contributed by atoms with Crippen molar-refractivity contribution in [2.75, 3.05) is 26.4 Å². The topological polar surface area (TPSA) is 30.5 Å². The van der Waals surface area contributed by atoms with Crippen molar-refractivity contribution in [2.24, 2.45) is 11.8 Å². The lowest BCUT2D eigenvalue weighted by Gasteiger charge is -2.23. The van der Waals surface area contributed by atoms with Crippen LogP contribution in [0, 0.1) is 11.8 Å². The lowest BCUT2D eigenvalue weighted by molar-refractivity contribution is 0.0496. The van der Waals surface area contributed by atoms with Crippen LogP contribution in [0.25, 0.3) is 0 Å². The minimum atomic E-state index is 0.603. The van der Waals surface area contributed by atoms with Crippen molar-refractivity contribution in [3.63, 3.8) is 0 Å². The first kappa shape index (κ1) is 16.6. The molecule has 0 bridgehead atoms. The average Bonchev–Trinajstić information content (AvgIpc) is 2.47. The van der Waals surface area contributed by atoms with Crippen LogP contribution in [0.15, 0.2) is 18.2 Å². The SMILES string of the molecule is CC(C)CNCc1cc(Cl)ccc1OCC1CCOCC1. The molecule has 4 heteroatoms. The molecule has 1 aliphatic rings. The van der Waals surface area contributed by atoms with Gasteiger partial charge in [-0.2, -0.15) is 0 Å². The molecule has 0 unspecified atom stereocenters. The third-order valence-corrected chi connectivity index (χ3v) is 3.94. The Bertz CT molecular complexity index is 431. The second-order valence-electron chi connectivity index (χ2n) is 6.14. The van der Waals surface area contributed by atoms with Gasteiger partial charge in [0.2, 0.25) is 0 Å². The highest BCUT2D eigenvalue weighted by molar-refractivity contribution is 6.30. The molecule has 1 N–H and O–H groups in total. The second-order valence-corrected chi connectivity index (χ2v) is 6.58. The maximum atomic E-state index is 6.11. The zero-order valence-corrected chi connectivity index (χ0v) is 13.8. The zero-order valence-electron chi connectivity index (χ0n) is 13.0. The van der Waals surface area contributed by atoms with Gasteiger partial charge < -0.3 is 14.8 Å². The van der Waals surface area contributed by atoms with E-state index in [0.29, 0.717) is 11.8 Å². The number of ether oxygens (including phenoxy) is 2. The van der Waals surface area contributed by atoms with Gasteiger partial charge in [0.25, 0.3) is 0 Å². The summed E-state index contributed by atoms with van der Waals surface area (Å²) in [6, 6.07) is 5.87. The lowest BCUT2D eigenvalue weighted by atomic mass is 10.0. The van der Waals surface area contributed by atoms with E-state index >= 15 is 0 Å². The van der Waals surface area contributed by atoms with Crippen molar-refractivity contribution in [2.45, 2.75) is 33.2 Å². The van der Waals surface area contributed by atoms with E-state index in [1.807, 2.05) is 18.2 Å². The van der Waals surface area contributed by atoms with Crippen molar-refractivity contribution in [3.05, 3.63) is 28.8 Å². The largest absolute Gasteiger partial charge is 0.493 e. The Morgan fingerprint density at radius 1 is 1.33 bits per heavy atom. The Morgan fingerprint density at radius 3 is 2.81 bits per heavy atom. The highest BCUT2D eigenvalue weighted by Crippen LogP contribution is 2.25. The molecule has 0 atom stereocenters. The maximum absolute atomic E-state index is 6.11. The van der Waals surface area contributed by atoms with Gasteiger partial charge in [0.05, 0.1) is 6.61 Å². The molecule has 1 heterocycles.